The number of rotatable bonds is 6. The summed E-state index contributed by atoms with van der Waals surface area (Å²) in [6.07, 6.45) is 1.65. The summed E-state index contributed by atoms with van der Waals surface area (Å²) in [6, 6.07) is 8.09. The molecule has 0 bridgehead atoms. The maximum atomic E-state index is 12.1. The van der Waals surface area contributed by atoms with Crippen LogP contribution in [0.5, 0.6) is 0 Å². The van der Waals surface area contributed by atoms with Crippen molar-refractivity contribution in [2.75, 3.05) is 18.0 Å². The van der Waals surface area contributed by atoms with Gasteiger partial charge in [-0.25, -0.2) is 4.79 Å². The molecule has 0 aliphatic heterocycles. The highest BCUT2D eigenvalue weighted by Gasteiger charge is 2.18. The molecule has 8 nitrogen and oxygen atoms in total. The summed E-state index contributed by atoms with van der Waals surface area (Å²) < 4.78 is 4.80. The van der Waals surface area contributed by atoms with Gasteiger partial charge in [0.1, 0.15) is 6.54 Å². The maximum Gasteiger partial charge on any atom is 0.323 e. The van der Waals surface area contributed by atoms with Crippen LogP contribution in [0.25, 0.3) is 0 Å². The number of nitrogens with zero attached hydrogens (tertiary/aromatic N) is 3. The molecule has 8 heteroatoms. The van der Waals surface area contributed by atoms with E-state index in [2.05, 4.69) is 15.5 Å². The van der Waals surface area contributed by atoms with Gasteiger partial charge >= 0.3 is 12.0 Å². The number of hydrogen-bond donors (Lipinski definition) is 2. The molecule has 21 heavy (non-hydrogen) atoms. The first kappa shape index (κ1) is 14.5. The Morgan fingerprint density at radius 2 is 2.05 bits per heavy atom. The number of carboxylic acids is 1. The van der Waals surface area contributed by atoms with Gasteiger partial charge in [-0.2, -0.15) is 4.98 Å². The lowest BCUT2D eigenvalue weighted by atomic mass is 10.3. The van der Waals surface area contributed by atoms with Crippen LogP contribution in [0.15, 0.2) is 41.2 Å². The topological polar surface area (TPSA) is 109 Å². The summed E-state index contributed by atoms with van der Waals surface area (Å²) >= 11 is 0. The molecule has 0 radical (unpaired) electrons. The quantitative estimate of drug-likeness (QED) is 0.818. The molecule has 0 saturated carbocycles. The number of carboxylic acid groups (broad SMARTS) is 1. The van der Waals surface area contributed by atoms with E-state index in [-0.39, 0.29) is 6.54 Å². The predicted octanol–water partition coefficient (Wildman–Crippen LogP) is 0.913. The largest absolute Gasteiger partial charge is 0.480 e. The Hall–Kier alpha value is -2.90. The molecule has 0 aliphatic carbocycles. The van der Waals surface area contributed by atoms with Crippen molar-refractivity contribution < 1.29 is 19.2 Å². The molecule has 0 fully saturated rings. The van der Waals surface area contributed by atoms with Gasteiger partial charge in [-0.1, -0.05) is 23.4 Å². The smallest absolute Gasteiger partial charge is 0.323 e. The summed E-state index contributed by atoms with van der Waals surface area (Å²) in [4.78, 5) is 28.0. The summed E-state index contributed by atoms with van der Waals surface area (Å²) in [7, 11) is 0. The van der Waals surface area contributed by atoms with Gasteiger partial charge in [0.2, 0.25) is 5.89 Å². The van der Waals surface area contributed by atoms with Crippen LogP contribution >= 0.6 is 0 Å². The van der Waals surface area contributed by atoms with Crippen molar-refractivity contribution in [1.82, 2.24) is 15.5 Å². The Bertz CT molecular complexity index is 585. The molecule has 0 atom stereocenters. The fourth-order valence-corrected chi connectivity index (χ4v) is 1.70. The Labute approximate surface area is 120 Å². The van der Waals surface area contributed by atoms with E-state index < -0.39 is 18.5 Å². The van der Waals surface area contributed by atoms with Crippen LogP contribution in [0, 0.1) is 0 Å². The molecule has 2 N–H and O–H groups in total. The third-order valence-electron chi connectivity index (χ3n) is 2.63. The van der Waals surface area contributed by atoms with Crippen molar-refractivity contribution in [2.45, 2.75) is 6.42 Å². The predicted molar refractivity (Wildman–Crippen MR) is 72.8 cm³/mol. The fraction of sp³-hybridized carbons (Fsp3) is 0.231. The fourth-order valence-electron chi connectivity index (χ4n) is 1.70. The Balaban J connectivity index is 1.96. The first-order chi connectivity index (χ1) is 10.2. The van der Waals surface area contributed by atoms with E-state index in [1.165, 1.54) is 6.33 Å². The van der Waals surface area contributed by atoms with Gasteiger partial charge in [-0.3, -0.25) is 9.69 Å². The maximum absolute atomic E-state index is 12.1. The molecule has 0 unspecified atom stereocenters. The molecule has 1 heterocycles. The number of benzene rings is 1. The number of para-hydroxylation sites is 1. The lowest BCUT2D eigenvalue weighted by Gasteiger charge is -2.21. The minimum absolute atomic E-state index is 0.268. The monoisotopic (exact) mass is 290 g/mol. The van der Waals surface area contributed by atoms with E-state index in [9.17, 15) is 9.59 Å². The van der Waals surface area contributed by atoms with Crippen molar-refractivity contribution in [3.05, 3.63) is 42.5 Å². The molecule has 2 amide bonds. The Morgan fingerprint density at radius 3 is 2.67 bits per heavy atom. The minimum atomic E-state index is -1.09. The van der Waals surface area contributed by atoms with E-state index >= 15 is 0 Å². The molecule has 0 spiro atoms. The molecule has 0 saturated heterocycles. The average Bonchev–Trinajstić information content (AvgIpc) is 2.98. The molecule has 0 aliphatic rings. The Morgan fingerprint density at radius 1 is 1.29 bits per heavy atom. The van der Waals surface area contributed by atoms with Gasteiger partial charge < -0.3 is 14.9 Å². The molecule has 110 valence electrons. The van der Waals surface area contributed by atoms with Gasteiger partial charge in [0, 0.05) is 18.7 Å². The standard InChI is InChI=1S/C13H14N4O4/c18-12(19)8-17(10-4-2-1-3-5-10)13(20)14-7-6-11-15-9-16-21-11/h1-5,9H,6-8H2,(H,14,20)(H,18,19). The van der Waals surface area contributed by atoms with Gasteiger partial charge in [-0.05, 0) is 12.1 Å². The van der Waals surface area contributed by atoms with E-state index in [4.69, 9.17) is 9.63 Å². The van der Waals surface area contributed by atoms with Crippen LogP contribution in [-0.4, -0.2) is 40.3 Å². The third-order valence-corrected chi connectivity index (χ3v) is 2.63. The lowest BCUT2D eigenvalue weighted by molar-refractivity contribution is -0.135. The van der Waals surface area contributed by atoms with E-state index in [0.717, 1.165) is 4.90 Å². The first-order valence-electron chi connectivity index (χ1n) is 6.24. The van der Waals surface area contributed by atoms with Gasteiger partial charge in [-0.15, -0.1) is 0 Å². The van der Waals surface area contributed by atoms with Gasteiger partial charge in [0.05, 0.1) is 0 Å². The zero-order valence-corrected chi connectivity index (χ0v) is 11.1. The van der Waals surface area contributed by atoms with Crippen LogP contribution in [0.1, 0.15) is 5.89 Å². The van der Waals surface area contributed by atoms with Crippen LogP contribution in [-0.2, 0) is 11.2 Å². The van der Waals surface area contributed by atoms with Crippen molar-refractivity contribution in [3.8, 4) is 0 Å². The summed E-state index contributed by atoms with van der Waals surface area (Å²) in [5, 5.41) is 15.0. The number of urea groups is 1. The highest BCUT2D eigenvalue weighted by Crippen LogP contribution is 2.12. The normalized spacial score (nSPS) is 10.1. The van der Waals surface area contributed by atoms with Gasteiger partial charge in [0.15, 0.2) is 6.33 Å². The number of aromatic nitrogens is 2. The van der Waals surface area contributed by atoms with Crippen LogP contribution in [0.4, 0.5) is 10.5 Å². The second kappa shape index (κ2) is 7.04. The molecule has 1 aromatic carbocycles. The van der Waals surface area contributed by atoms with E-state index in [1.54, 1.807) is 30.3 Å². The number of anilines is 1. The molecule has 1 aromatic heterocycles. The lowest BCUT2D eigenvalue weighted by Crippen LogP contribution is -2.43. The number of hydrogen-bond acceptors (Lipinski definition) is 5. The van der Waals surface area contributed by atoms with Crippen LogP contribution in [0.3, 0.4) is 0 Å². The number of carbonyl (C=O) groups is 2. The van der Waals surface area contributed by atoms with Crippen LogP contribution < -0.4 is 10.2 Å². The number of amides is 2. The van der Waals surface area contributed by atoms with Crippen molar-refractivity contribution >= 4 is 17.7 Å². The Kier molecular flexibility index (Phi) is 4.86. The summed E-state index contributed by atoms with van der Waals surface area (Å²) in [6.45, 7) is -0.152. The van der Waals surface area contributed by atoms with Crippen molar-refractivity contribution in [1.29, 1.82) is 0 Å². The number of carbonyl (C=O) groups excluding carboxylic acids is 1. The van der Waals surface area contributed by atoms with Crippen molar-refractivity contribution in [2.24, 2.45) is 0 Å². The van der Waals surface area contributed by atoms with Crippen LogP contribution in [0.2, 0.25) is 0 Å². The molecule has 2 aromatic rings. The van der Waals surface area contributed by atoms with Gasteiger partial charge in [0.25, 0.3) is 0 Å². The van der Waals surface area contributed by atoms with E-state index in [1.807, 2.05) is 0 Å². The van der Waals surface area contributed by atoms with E-state index in [0.29, 0.717) is 18.0 Å². The highest BCUT2D eigenvalue weighted by molar-refractivity contribution is 5.96. The average molecular weight is 290 g/mol. The summed E-state index contributed by atoms with van der Waals surface area (Å²) in [5.41, 5.74) is 0.509. The first-order valence-corrected chi connectivity index (χ1v) is 6.24. The second-order valence-electron chi connectivity index (χ2n) is 4.13. The SMILES string of the molecule is O=C(O)CN(C(=O)NCCc1ncno1)c1ccccc1. The molecule has 2 rings (SSSR count). The highest BCUT2D eigenvalue weighted by atomic mass is 16.5. The van der Waals surface area contributed by atoms with Crippen molar-refractivity contribution in [3.63, 3.8) is 0 Å². The summed E-state index contributed by atoms with van der Waals surface area (Å²) in [5.74, 6) is -0.689. The third kappa shape index (κ3) is 4.30. The number of nitrogens with one attached hydrogen (secondary N) is 1. The second-order valence-corrected chi connectivity index (χ2v) is 4.13. The zero-order valence-electron chi connectivity index (χ0n) is 11.1. The zero-order chi connectivity index (χ0) is 15.1. The minimum Gasteiger partial charge on any atom is -0.480 e. The number of aliphatic carboxylic acids is 1. The molecular formula is C13H14N4O4. The molecular weight excluding hydrogens is 276 g/mol.